The fourth-order valence-electron chi connectivity index (χ4n) is 1.23. The van der Waals surface area contributed by atoms with Gasteiger partial charge in [-0.25, -0.2) is 0 Å². The summed E-state index contributed by atoms with van der Waals surface area (Å²) in [5.74, 6) is 0. The molecule has 0 rings (SSSR count). The maximum Gasteiger partial charge on any atom is 0.0518 e. The van der Waals surface area contributed by atoms with Gasteiger partial charge in [-0.2, -0.15) is 0 Å². The molecule has 0 saturated heterocycles. The molecule has 1 unspecified atom stereocenters. The summed E-state index contributed by atoms with van der Waals surface area (Å²) < 4.78 is 5.48. The number of nitrogens with one attached hydrogen (secondary N) is 1. The molecule has 0 fully saturated rings. The smallest absolute Gasteiger partial charge is 0.0518 e. The van der Waals surface area contributed by atoms with Crippen molar-refractivity contribution in [1.29, 1.82) is 0 Å². The van der Waals surface area contributed by atoms with Gasteiger partial charge in [0, 0.05) is 12.6 Å². The highest BCUT2D eigenvalue weighted by molar-refractivity contribution is 4.62. The zero-order valence-electron chi connectivity index (χ0n) is 8.89. The lowest BCUT2D eigenvalue weighted by molar-refractivity contribution is 0.0714. The average Bonchev–Trinajstić information content (AvgIpc) is 2.02. The van der Waals surface area contributed by atoms with Crippen molar-refractivity contribution in [3.63, 3.8) is 0 Å². The number of hydrogen-bond donors (Lipinski definition) is 1. The predicted octanol–water partition coefficient (Wildman–Crippen LogP) is 2.19. The monoisotopic (exact) mass is 173 g/mol. The van der Waals surface area contributed by atoms with Crippen LogP contribution < -0.4 is 5.32 Å². The molecule has 0 aromatic rings. The van der Waals surface area contributed by atoms with Crippen molar-refractivity contribution >= 4 is 0 Å². The van der Waals surface area contributed by atoms with E-state index in [-0.39, 0.29) is 0 Å². The summed E-state index contributed by atoms with van der Waals surface area (Å²) in [6.07, 6.45) is 3.98. The molecular formula is C10H23NO. The quantitative estimate of drug-likeness (QED) is 0.637. The molecule has 2 heteroatoms. The molecular weight excluding hydrogens is 150 g/mol. The van der Waals surface area contributed by atoms with Gasteiger partial charge in [0.05, 0.1) is 6.10 Å². The minimum Gasteiger partial charge on any atom is -0.379 e. The Bertz CT molecular complexity index is 93.8. The van der Waals surface area contributed by atoms with Gasteiger partial charge < -0.3 is 10.1 Å². The molecule has 1 atom stereocenters. The first-order chi connectivity index (χ1) is 5.70. The standard InChI is InChI=1S/C10H23NO/c1-5-6-10(11-4)7-8-12-9(2)3/h9-11H,5-8H2,1-4H3. The van der Waals surface area contributed by atoms with Gasteiger partial charge in [-0.15, -0.1) is 0 Å². The van der Waals surface area contributed by atoms with Crippen molar-refractivity contribution in [3.8, 4) is 0 Å². The molecule has 0 bridgehead atoms. The van der Waals surface area contributed by atoms with E-state index < -0.39 is 0 Å². The second-order valence-electron chi connectivity index (χ2n) is 3.48. The molecule has 0 amide bonds. The molecule has 0 aliphatic heterocycles. The molecule has 2 nitrogen and oxygen atoms in total. The Balaban J connectivity index is 3.31. The number of rotatable bonds is 7. The van der Waals surface area contributed by atoms with Crippen molar-refractivity contribution < 1.29 is 4.74 Å². The normalized spacial score (nSPS) is 13.8. The Morgan fingerprint density at radius 3 is 2.33 bits per heavy atom. The Morgan fingerprint density at radius 1 is 1.25 bits per heavy atom. The fraction of sp³-hybridized carbons (Fsp3) is 1.00. The third-order valence-electron chi connectivity index (χ3n) is 1.96. The molecule has 0 saturated carbocycles. The van der Waals surface area contributed by atoms with Gasteiger partial charge in [0.25, 0.3) is 0 Å². The number of ether oxygens (including phenoxy) is 1. The third kappa shape index (κ3) is 6.62. The van der Waals surface area contributed by atoms with Gasteiger partial charge in [-0.05, 0) is 33.7 Å². The van der Waals surface area contributed by atoms with Crippen LogP contribution in [0.1, 0.15) is 40.0 Å². The Morgan fingerprint density at radius 2 is 1.92 bits per heavy atom. The Kier molecular flexibility index (Phi) is 7.51. The van der Waals surface area contributed by atoms with Crippen LogP contribution in [0.5, 0.6) is 0 Å². The SMILES string of the molecule is CCCC(CCOC(C)C)NC. The lowest BCUT2D eigenvalue weighted by atomic mass is 10.1. The van der Waals surface area contributed by atoms with Crippen molar-refractivity contribution in [2.24, 2.45) is 0 Å². The summed E-state index contributed by atoms with van der Waals surface area (Å²) in [6, 6.07) is 0.633. The van der Waals surface area contributed by atoms with E-state index in [4.69, 9.17) is 4.74 Å². The van der Waals surface area contributed by atoms with Crippen LogP contribution in [0, 0.1) is 0 Å². The first-order valence-electron chi connectivity index (χ1n) is 4.99. The Hall–Kier alpha value is -0.0800. The maximum atomic E-state index is 5.48. The van der Waals surface area contributed by atoms with E-state index in [0.717, 1.165) is 13.0 Å². The molecule has 0 spiro atoms. The van der Waals surface area contributed by atoms with Crippen LogP contribution in [-0.4, -0.2) is 25.8 Å². The zero-order valence-corrected chi connectivity index (χ0v) is 8.89. The van der Waals surface area contributed by atoms with Gasteiger partial charge in [0.1, 0.15) is 0 Å². The topological polar surface area (TPSA) is 21.3 Å². The van der Waals surface area contributed by atoms with Crippen LogP contribution in [0.3, 0.4) is 0 Å². The molecule has 0 aromatic carbocycles. The van der Waals surface area contributed by atoms with E-state index in [9.17, 15) is 0 Å². The molecule has 0 radical (unpaired) electrons. The van der Waals surface area contributed by atoms with Crippen LogP contribution in [-0.2, 0) is 4.74 Å². The third-order valence-corrected chi connectivity index (χ3v) is 1.96. The van der Waals surface area contributed by atoms with Crippen molar-refractivity contribution in [1.82, 2.24) is 5.32 Å². The summed E-state index contributed by atoms with van der Waals surface area (Å²) in [5, 5.41) is 3.30. The van der Waals surface area contributed by atoms with E-state index in [2.05, 4.69) is 26.1 Å². The van der Waals surface area contributed by atoms with Gasteiger partial charge >= 0.3 is 0 Å². The van der Waals surface area contributed by atoms with E-state index in [1.54, 1.807) is 0 Å². The van der Waals surface area contributed by atoms with Crippen molar-refractivity contribution in [3.05, 3.63) is 0 Å². The largest absolute Gasteiger partial charge is 0.379 e. The van der Waals surface area contributed by atoms with Gasteiger partial charge in [-0.3, -0.25) is 0 Å². The van der Waals surface area contributed by atoms with Gasteiger partial charge in [0.2, 0.25) is 0 Å². The lowest BCUT2D eigenvalue weighted by Gasteiger charge is -2.15. The number of hydrogen-bond acceptors (Lipinski definition) is 2. The van der Waals surface area contributed by atoms with Gasteiger partial charge in [-0.1, -0.05) is 13.3 Å². The van der Waals surface area contributed by atoms with Crippen LogP contribution in [0.4, 0.5) is 0 Å². The maximum absolute atomic E-state index is 5.48. The van der Waals surface area contributed by atoms with E-state index >= 15 is 0 Å². The minimum atomic E-state index is 0.365. The highest BCUT2D eigenvalue weighted by atomic mass is 16.5. The highest BCUT2D eigenvalue weighted by Gasteiger charge is 2.04. The summed E-state index contributed by atoms with van der Waals surface area (Å²) in [4.78, 5) is 0. The zero-order chi connectivity index (χ0) is 9.40. The van der Waals surface area contributed by atoms with Crippen molar-refractivity contribution in [2.45, 2.75) is 52.2 Å². The molecule has 0 aliphatic rings. The van der Waals surface area contributed by atoms with Gasteiger partial charge in [0.15, 0.2) is 0 Å². The molecule has 1 N–H and O–H groups in total. The van der Waals surface area contributed by atoms with Crippen LogP contribution in [0.25, 0.3) is 0 Å². The molecule has 0 heterocycles. The van der Waals surface area contributed by atoms with E-state index in [1.807, 2.05) is 7.05 Å². The first-order valence-corrected chi connectivity index (χ1v) is 4.99. The molecule has 0 aromatic heterocycles. The Labute approximate surface area is 76.7 Å². The summed E-state index contributed by atoms with van der Waals surface area (Å²) >= 11 is 0. The van der Waals surface area contributed by atoms with E-state index in [1.165, 1.54) is 12.8 Å². The second-order valence-corrected chi connectivity index (χ2v) is 3.48. The minimum absolute atomic E-state index is 0.365. The summed E-state index contributed by atoms with van der Waals surface area (Å²) in [6.45, 7) is 7.25. The molecule has 12 heavy (non-hydrogen) atoms. The molecule has 0 aliphatic carbocycles. The van der Waals surface area contributed by atoms with Crippen LogP contribution >= 0.6 is 0 Å². The first kappa shape index (κ1) is 11.9. The van der Waals surface area contributed by atoms with E-state index in [0.29, 0.717) is 12.1 Å². The average molecular weight is 173 g/mol. The van der Waals surface area contributed by atoms with Crippen LogP contribution in [0.2, 0.25) is 0 Å². The highest BCUT2D eigenvalue weighted by Crippen LogP contribution is 2.02. The summed E-state index contributed by atoms with van der Waals surface area (Å²) in [5.41, 5.74) is 0. The molecule has 74 valence electrons. The predicted molar refractivity (Wildman–Crippen MR) is 53.5 cm³/mol. The lowest BCUT2D eigenvalue weighted by Crippen LogP contribution is -2.26. The summed E-state index contributed by atoms with van der Waals surface area (Å²) in [7, 11) is 2.02. The second kappa shape index (κ2) is 7.56. The van der Waals surface area contributed by atoms with Crippen LogP contribution in [0.15, 0.2) is 0 Å². The van der Waals surface area contributed by atoms with Crippen molar-refractivity contribution in [2.75, 3.05) is 13.7 Å². The fourth-order valence-corrected chi connectivity index (χ4v) is 1.23.